The molecule has 0 bridgehead atoms. The van der Waals surface area contributed by atoms with Crippen LogP contribution in [-0.2, 0) is 4.74 Å². The molecule has 0 spiro atoms. The normalized spacial score (nSPS) is 17.7. The van der Waals surface area contributed by atoms with Gasteiger partial charge in [0.1, 0.15) is 0 Å². The Labute approximate surface area is 144 Å². The van der Waals surface area contributed by atoms with E-state index in [0.29, 0.717) is 6.61 Å². The summed E-state index contributed by atoms with van der Waals surface area (Å²) in [5.74, 6) is 0.148. The van der Waals surface area contributed by atoms with Gasteiger partial charge in [0.15, 0.2) is 0 Å². The smallest absolute Gasteiger partial charge is 0.254 e. The predicted octanol–water partition coefficient (Wildman–Crippen LogP) is 4.38. The summed E-state index contributed by atoms with van der Waals surface area (Å²) in [5, 5.41) is 0. The SMILES string of the molecule is COCCC1CCCCN1C(=O)c1ccccc1-c1ccccc1. The van der Waals surface area contributed by atoms with Gasteiger partial charge in [-0.2, -0.15) is 0 Å². The Balaban J connectivity index is 1.89. The van der Waals surface area contributed by atoms with Gasteiger partial charge in [-0.1, -0.05) is 48.5 Å². The van der Waals surface area contributed by atoms with E-state index in [9.17, 15) is 4.79 Å². The maximum Gasteiger partial charge on any atom is 0.254 e. The number of methoxy groups -OCH3 is 1. The summed E-state index contributed by atoms with van der Waals surface area (Å²) in [6, 6.07) is 18.4. The van der Waals surface area contributed by atoms with Crippen LogP contribution >= 0.6 is 0 Å². The lowest BCUT2D eigenvalue weighted by atomic mass is 9.95. The van der Waals surface area contributed by atoms with Gasteiger partial charge in [0.2, 0.25) is 0 Å². The molecular formula is C21H25NO2. The highest BCUT2D eigenvalue weighted by atomic mass is 16.5. The fourth-order valence-electron chi connectivity index (χ4n) is 3.52. The van der Waals surface area contributed by atoms with Crippen molar-refractivity contribution in [1.29, 1.82) is 0 Å². The number of amides is 1. The number of ether oxygens (including phenoxy) is 1. The van der Waals surface area contributed by atoms with E-state index in [1.807, 2.05) is 42.5 Å². The minimum absolute atomic E-state index is 0.148. The number of rotatable bonds is 5. The molecule has 1 unspecified atom stereocenters. The van der Waals surface area contributed by atoms with Gasteiger partial charge in [-0.05, 0) is 42.9 Å². The van der Waals surface area contributed by atoms with Crippen molar-refractivity contribution in [3.8, 4) is 11.1 Å². The third kappa shape index (κ3) is 3.68. The first-order valence-electron chi connectivity index (χ1n) is 8.75. The van der Waals surface area contributed by atoms with E-state index in [1.165, 1.54) is 6.42 Å². The standard InChI is InChI=1S/C21H25NO2/c1-24-16-14-18-11-7-8-15-22(18)21(23)20-13-6-5-12-19(20)17-9-3-2-4-10-17/h2-6,9-10,12-13,18H,7-8,11,14-16H2,1H3. The number of hydrogen-bond donors (Lipinski definition) is 0. The van der Waals surface area contributed by atoms with Crippen LogP contribution < -0.4 is 0 Å². The summed E-state index contributed by atoms with van der Waals surface area (Å²) in [6.07, 6.45) is 4.26. The topological polar surface area (TPSA) is 29.5 Å². The third-order valence-corrected chi connectivity index (χ3v) is 4.79. The zero-order chi connectivity index (χ0) is 16.8. The average molecular weight is 323 g/mol. The lowest BCUT2D eigenvalue weighted by Gasteiger charge is -2.36. The van der Waals surface area contributed by atoms with Gasteiger partial charge in [-0.3, -0.25) is 4.79 Å². The molecule has 3 heteroatoms. The minimum Gasteiger partial charge on any atom is -0.385 e. The summed E-state index contributed by atoms with van der Waals surface area (Å²) >= 11 is 0. The fraction of sp³-hybridized carbons (Fsp3) is 0.381. The number of nitrogens with zero attached hydrogens (tertiary/aromatic N) is 1. The first-order chi connectivity index (χ1) is 11.8. The molecule has 126 valence electrons. The zero-order valence-electron chi connectivity index (χ0n) is 14.3. The second-order valence-corrected chi connectivity index (χ2v) is 6.34. The highest BCUT2D eigenvalue weighted by molar-refractivity contribution is 6.01. The van der Waals surface area contributed by atoms with Gasteiger partial charge in [0, 0.05) is 31.9 Å². The van der Waals surface area contributed by atoms with Gasteiger partial charge in [0.05, 0.1) is 0 Å². The van der Waals surface area contributed by atoms with Crippen molar-refractivity contribution in [1.82, 2.24) is 4.90 Å². The summed E-state index contributed by atoms with van der Waals surface area (Å²) in [7, 11) is 1.72. The molecule has 0 saturated carbocycles. The van der Waals surface area contributed by atoms with Crippen LogP contribution in [0.4, 0.5) is 0 Å². The molecule has 2 aromatic carbocycles. The van der Waals surface area contributed by atoms with Crippen molar-refractivity contribution < 1.29 is 9.53 Å². The number of carbonyl (C=O) groups is 1. The predicted molar refractivity (Wildman–Crippen MR) is 97.0 cm³/mol. The Morgan fingerprint density at radius 3 is 2.62 bits per heavy atom. The van der Waals surface area contributed by atoms with Crippen LogP contribution in [0.1, 0.15) is 36.0 Å². The van der Waals surface area contributed by atoms with Gasteiger partial charge >= 0.3 is 0 Å². The van der Waals surface area contributed by atoms with Gasteiger partial charge in [-0.25, -0.2) is 0 Å². The quantitative estimate of drug-likeness (QED) is 0.817. The Morgan fingerprint density at radius 1 is 1.08 bits per heavy atom. The van der Waals surface area contributed by atoms with E-state index in [2.05, 4.69) is 17.0 Å². The van der Waals surface area contributed by atoms with Crippen molar-refractivity contribution >= 4 is 5.91 Å². The molecule has 1 aliphatic rings. The highest BCUT2D eigenvalue weighted by Crippen LogP contribution is 2.28. The molecule has 0 N–H and O–H groups in total. The van der Waals surface area contributed by atoms with Crippen LogP contribution in [0.2, 0.25) is 0 Å². The number of carbonyl (C=O) groups excluding carboxylic acids is 1. The second kappa shape index (κ2) is 8.11. The molecule has 3 nitrogen and oxygen atoms in total. The van der Waals surface area contributed by atoms with Gasteiger partial charge < -0.3 is 9.64 Å². The van der Waals surface area contributed by atoms with Crippen LogP contribution in [0.3, 0.4) is 0 Å². The fourth-order valence-corrected chi connectivity index (χ4v) is 3.52. The monoisotopic (exact) mass is 323 g/mol. The van der Waals surface area contributed by atoms with Crippen molar-refractivity contribution in [3.05, 3.63) is 60.2 Å². The van der Waals surface area contributed by atoms with Crippen LogP contribution in [0.25, 0.3) is 11.1 Å². The van der Waals surface area contributed by atoms with Crippen molar-refractivity contribution in [2.45, 2.75) is 31.7 Å². The largest absolute Gasteiger partial charge is 0.385 e. The summed E-state index contributed by atoms with van der Waals surface area (Å²) in [5.41, 5.74) is 2.90. The Bertz CT molecular complexity index is 669. The highest BCUT2D eigenvalue weighted by Gasteiger charge is 2.28. The van der Waals surface area contributed by atoms with Crippen LogP contribution in [0.5, 0.6) is 0 Å². The zero-order valence-corrected chi connectivity index (χ0v) is 14.3. The van der Waals surface area contributed by atoms with Gasteiger partial charge in [0.25, 0.3) is 5.91 Å². The van der Waals surface area contributed by atoms with Gasteiger partial charge in [-0.15, -0.1) is 0 Å². The van der Waals surface area contributed by atoms with E-state index >= 15 is 0 Å². The summed E-state index contributed by atoms with van der Waals surface area (Å²) in [6.45, 7) is 1.55. The molecule has 1 fully saturated rings. The molecule has 2 aromatic rings. The van der Waals surface area contributed by atoms with Crippen LogP contribution in [0, 0.1) is 0 Å². The third-order valence-electron chi connectivity index (χ3n) is 4.79. The molecular weight excluding hydrogens is 298 g/mol. The molecule has 1 atom stereocenters. The Morgan fingerprint density at radius 2 is 1.83 bits per heavy atom. The molecule has 0 radical (unpaired) electrons. The summed E-state index contributed by atoms with van der Waals surface area (Å²) in [4.78, 5) is 15.3. The molecule has 0 aliphatic carbocycles. The second-order valence-electron chi connectivity index (χ2n) is 6.34. The minimum atomic E-state index is 0.148. The molecule has 1 saturated heterocycles. The molecule has 0 aromatic heterocycles. The van der Waals surface area contributed by atoms with E-state index in [0.717, 1.165) is 42.5 Å². The number of likely N-dealkylation sites (tertiary alicyclic amines) is 1. The number of benzene rings is 2. The van der Waals surface area contributed by atoms with Crippen LogP contribution in [0.15, 0.2) is 54.6 Å². The maximum absolute atomic E-state index is 13.3. The molecule has 3 rings (SSSR count). The molecule has 1 aliphatic heterocycles. The summed E-state index contributed by atoms with van der Waals surface area (Å²) < 4.78 is 5.23. The number of hydrogen-bond acceptors (Lipinski definition) is 2. The maximum atomic E-state index is 13.3. The molecule has 1 heterocycles. The Hall–Kier alpha value is -2.13. The van der Waals surface area contributed by atoms with E-state index in [4.69, 9.17) is 4.74 Å². The lowest BCUT2D eigenvalue weighted by Crippen LogP contribution is -2.44. The average Bonchev–Trinajstić information content (AvgIpc) is 2.67. The van der Waals surface area contributed by atoms with Crippen molar-refractivity contribution in [3.63, 3.8) is 0 Å². The first-order valence-corrected chi connectivity index (χ1v) is 8.75. The number of piperidine rings is 1. The van der Waals surface area contributed by atoms with E-state index < -0.39 is 0 Å². The van der Waals surface area contributed by atoms with E-state index in [-0.39, 0.29) is 11.9 Å². The van der Waals surface area contributed by atoms with Crippen LogP contribution in [-0.4, -0.2) is 37.1 Å². The lowest BCUT2D eigenvalue weighted by molar-refractivity contribution is 0.0554. The van der Waals surface area contributed by atoms with E-state index in [1.54, 1.807) is 7.11 Å². The van der Waals surface area contributed by atoms with Crippen molar-refractivity contribution in [2.75, 3.05) is 20.3 Å². The molecule has 24 heavy (non-hydrogen) atoms. The molecule has 1 amide bonds. The first kappa shape index (κ1) is 16.7. The Kier molecular flexibility index (Phi) is 5.65. The van der Waals surface area contributed by atoms with Crippen molar-refractivity contribution in [2.24, 2.45) is 0 Å².